The summed E-state index contributed by atoms with van der Waals surface area (Å²) in [7, 11) is 3.61. The molecule has 21 heavy (non-hydrogen) atoms. The van der Waals surface area contributed by atoms with Gasteiger partial charge in [-0.15, -0.1) is 0 Å². The highest BCUT2D eigenvalue weighted by Crippen LogP contribution is 2.21. The van der Waals surface area contributed by atoms with Crippen LogP contribution in [0.15, 0.2) is 54.9 Å². The number of rotatable bonds is 2. The molecule has 0 N–H and O–H groups in total. The van der Waals surface area contributed by atoms with E-state index in [-0.39, 0.29) is 0 Å². The molecule has 0 saturated heterocycles. The molecular weight excluding hydrogens is 266 g/mol. The van der Waals surface area contributed by atoms with E-state index >= 15 is 0 Å². The summed E-state index contributed by atoms with van der Waals surface area (Å²) < 4.78 is 7.24. The van der Waals surface area contributed by atoms with Crippen LogP contribution in [0.5, 0.6) is 5.75 Å². The Balaban J connectivity index is 1.82. The Morgan fingerprint density at radius 1 is 1.19 bits per heavy atom. The summed E-state index contributed by atoms with van der Waals surface area (Å²) in [6.07, 6.45) is 1.31. The van der Waals surface area contributed by atoms with Crippen LogP contribution in [0.1, 0.15) is 0 Å². The molecular formula is C16H15N3O2. The fourth-order valence-electron chi connectivity index (χ4n) is 2.10. The quantitative estimate of drug-likeness (QED) is 0.724. The molecule has 0 aliphatic carbocycles. The number of nitrogens with zero attached hydrogens (tertiary/aromatic N) is 3. The van der Waals surface area contributed by atoms with Gasteiger partial charge in [-0.3, -0.25) is 4.90 Å². The molecule has 0 fully saturated rings. The van der Waals surface area contributed by atoms with Crippen molar-refractivity contribution in [2.75, 3.05) is 11.9 Å². The van der Waals surface area contributed by atoms with E-state index in [1.165, 1.54) is 4.90 Å². The maximum atomic E-state index is 12.1. The Labute approximate surface area is 122 Å². The van der Waals surface area contributed by atoms with E-state index < -0.39 is 6.09 Å². The number of amides is 1. The predicted octanol–water partition coefficient (Wildman–Crippen LogP) is 3.21. The highest BCUT2D eigenvalue weighted by Gasteiger charge is 2.14. The van der Waals surface area contributed by atoms with E-state index in [2.05, 4.69) is 4.98 Å². The molecule has 3 rings (SSSR count). The summed E-state index contributed by atoms with van der Waals surface area (Å²) in [6, 6.07) is 14.7. The molecule has 106 valence electrons. The van der Waals surface area contributed by atoms with Crippen molar-refractivity contribution in [3.8, 4) is 5.75 Å². The molecule has 5 heteroatoms. The van der Waals surface area contributed by atoms with Crippen LogP contribution in [-0.2, 0) is 7.05 Å². The summed E-state index contributed by atoms with van der Waals surface area (Å²) in [5, 5.41) is 0. The molecule has 0 saturated carbocycles. The Hall–Kier alpha value is -2.82. The molecule has 0 spiro atoms. The molecule has 0 aliphatic rings. The highest BCUT2D eigenvalue weighted by atomic mass is 16.6. The van der Waals surface area contributed by atoms with Crippen molar-refractivity contribution in [3.05, 3.63) is 54.9 Å². The van der Waals surface area contributed by atoms with E-state index in [0.29, 0.717) is 5.75 Å². The van der Waals surface area contributed by atoms with Gasteiger partial charge in [-0.2, -0.15) is 0 Å². The van der Waals surface area contributed by atoms with Crippen molar-refractivity contribution in [1.29, 1.82) is 0 Å². The van der Waals surface area contributed by atoms with Crippen LogP contribution in [0, 0.1) is 0 Å². The predicted molar refractivity (Wildman–Crippen MR) is 81.6 cm³/mol. The molecule has 2 aromatic carbocycles. The minimum atomic E-state index is -0.434. The Morgan fingerprint density at radius 2 is 1.95 bits per heavy atom. The van der Waals surface area contributed by atoms with Gasteiger partial charge in [0.15, 0.2) is 0 Å². The number of carbonyl (C=O) groups excluding carboxylic acids is 1. The molecule has 5 nitrogen and oxygen atoms in total. The van der Waals surface area contributed by atoms with E-state index in [1.807, 2.05) is 48.0 Å². The lowest BCUT2D eigenvalue weighted by molar-refractivity contribution is 0.209. The van der Waals surface area contributed by atoms with Crippen molar-refractivity contribution in [3.63, 3.8) is 0 Å². The van der Waals surface area contributed by atoms with Gasteiger partial charge in [0, 0.05) is 19.8 Å². The molecule has 3 aromatic rings. The number of hydrogen-bond donors (Lipinski definition) is 0. The van der Waals surface area contributed by atoms with Gasteiger partial charge in [-0.05, 0) is 30.3 Å². The number of para-hydroxylation sites is 1. The second-order valence-electron chi connectivity index (χ2n) is 4.77. The molecule has 0 bridgehead atoms. The Morgan fingerprint density at radius 3 is 2.71 bits per heavy atom. The molecule has 0 atom stereocenters. The first kappa shape index (κ1) is 13.2. The average molecular weight is 281 g/mol. The zero-order valence-electron chi connectivity index (χ0n) is 11.9. The van der Waals surface area contributed by atoms with Crippen molar-refractivity contribution in [1.82, 2.24) is 9.55 Å². The first-order chi connectivity index (χ1) is 10.1. The van der Waals surface area contributed by atoms with E-state index in [0.717, 1.165) is 16.7 Å². The van der Waals surface area contributed by atoms with Crippen molar-refractivity contribution < 1.29 is 9.53 Å². The van der Waals surface area contributed by atoms with E-state index in [1.54, 1.807) is 25.5 Å². The molecule has 1 heterocycles. The maximum Gasteiger partial charge on any atom is 0.419 e. The van der Waals surface area contributed by atoms with Gasteiger partial charge in [0.25, 0.3) is 0 Å². The number of aromatic nitrogens is 2. The fourth-order valence-corrected chi connectivity index (χ4v) is 2.10. The van der Waals surface area contributed by atoms with Gasteiger partial charge in [0.05, 0.1) is 17.4 Å². The van der Waals surface area contributed by atoms with Gasteiger partial charge >= 0.3 is 6.09 Å². The normalized spacial score (nSPS) is 10.6. The highest BCUT2D eigenvalue weighted by molar-refractivity contribution is 5.91. The molecule has 0 aliphatic heterocycles. The zero-order valence-corrected chi connectivity index (χ0v) is 11.9. The number of hydrogen-bond acceptors (Lipinski definition) is 3. The first-order valence-electron chi connectivity index (χ1n) is 6.57. The number of fused-ring (bicyclic) bond motifs is 1. The van der Waals surface area contributed by atoms with Crippen LogP contribution < -0.4 is 9.64 Å². The zero-order chi connectivity index (χ0) is 14.8. The molecule has 1 aromatic heterocycles. The summed E-state index contributed by atoms with van der Waals surface area (Å²) in [5.74, 6) is 0.522. The average Bonchev–Trinajstić information content (AvgIpc) is 2.88. The van der Waals surface area contributed by atoms with Crippen LogP contribution in [0.3, 0.4) is 0 Å². The smallest absolute Gasteiger partial charge is 0.410 e. The Kier molecular flexibility index (Phi) is 3.31. The van der Waals surface area contributed by atoms with Crippen molar-refractivity contribution in [2.45, 2.75) is 0 Å². The minimum absolute atomic E-state index is 0.434. The van der Waals surface area contributed by atoms with Crippen molar-refractivity contribution in [2.24, 2.45) is 7.05 Å². The summed E-state index contributed by atoms with van der Waals surface area (Å²) >= 11 is 0. The standard InChI is InChI=1S/C16H15N3O2/c1-18-11-17-14-10-12(8-9-15(14)18)19(2)16(20)21-13-6-4-3-5-7-13/h3-11H,1-2H3. The topological polar surface area (TPSA) is 47.4 Å². The Bertz CT molecular complexity index is 781. The number of ether oxygens (including phenoxy) is 1. The number of aryl methyl sites for hydroxylation is 1. The largest absolute Gasteiger partial charge is 0.419 e. The summed E-state index contributed by atoms with van der Waals surface area (Å²) in [4.78, 5) is 17.9. The van der Waals surface area contributed by atoms with Crippen LogP contribution in [-0.4, -0.2) is 22.7 Å². The second-order valence-corrected chi connectivity index (χ2v) is 4.77. The number of benzene rings is 2. The lowest BCUT2D eigenvalue weighted by atomic mass is 10.2. The van der Waals surface area contributed by atoms with Crippen LogP contribution >= 0.6 is 0 Å². The summed E-state index contributed by atoms with van der Waals surface area (Å²) in [6.45, 7) is 0. The first-order valence-corrected chi connectivity index (χ1v) is 6.57. The van der Waals surface area contributed by atoms with Crippen LogP contribution in [0.2, 0.25) is 0 Å². The summed E-state index contributed by atoms with van der Waals surface area (Å²) in [5.41, 5.74) is 2.60. The fraction of sp³-hybridized carbons (Fsp3) is 0.125. The van der Waals surface area contributed by atoms with Gasteiger partial charge in [0.2, 0.25) is 0 Å². The second kappa shape index (κ2) is 5.28. The molecule has 0 unspecified atom stereocenters. The third-order valence-electron chi connectivity index (χ3n) is 3.32. The van der Waals surface area contributed by atoms with Gasteiger partial charge in [-0.1, -0.05) is 18.2 Å². The molecule has 0 radical (unpaired) electrons. The van der Waals surface area contributed by atoms with Gasteiger partial charge in [-0.25, -0.2) is 9.78 Å². The van der Waals surface area contributed by atoms with Gasteiger partial charge in [0.1, 0.15) is 5.75 Å². The number of imidazole rings is 1. The van der Waals surface area contributed by atoms with Crippen LogP contribution in [0.25, 0.3) is 11.0 Å². The van der Waals surface area contributed by atoms with Gasteiger partial charge < -0.3 is 9.30 Å². The molecule has 1 amide bonds. The maximum absolute atomic E-state index is 12.1. The van der Waals surface area contributed by atoms with Crippen molar-refractivity contribution >= 4 is 22.8 Å². The van der Waals surface area contributed by atoms with E-state index in [9.17, 15) is 4.79 Å². The third-order valence-corrected chi connectivity index (χ3v) is 3.32. The SMILES string of the molecule is CN(C(=O)Oc1ccccc1)c1ccc2c(c1)ncn2C. The van der Waals surface area contributed by atoms with E-state index in [4.69, 9.17) is 4.74 Å². The minimum Gasteiger partial charge on any atom is -0.410 e. The lowest BCUT2D eigenvalue weighted by Crippen LogP contribution is -2.29. The van der Waals surface area contributed by atoms with Crippen LogP contribution in [0.4, 0.5) is 10.5 Å². The number of carbonyl (C=O) groups is 1. The lowest BCUT2D eigenvalue weighted by Gasteiger charge is -2.16. The number of anilines is 1. The monoisotopic (exact) mass is 281 g/mol. The third kappa shape index (κ3) is 2.58.